The molecule has 58 heavy (non-hydrogen) atoms. The molecule has 0 fully saturated rings. The third-order valence-corrected chi connectivity index (χ3v) is 7.35. The largest absolute Gasteiger partial charge is 0.478 e. The van der Waals surface area contributed by atoms with Gasteiger partial charge in [0.05, 0.1) is 33.4 Å². The number of esters is 5. The van der Waals surface area contributed by atoms with E-state index in [1.54, 1.807) is 95.2 Å². The van der Waals surface area contributed by atoms with Gasteiger partial charge in [-0.2, -0.15) is 0 Å². The Morgan fingerprint density at radius 2 is 1.02 bits per heavy atom. The second-order valence-corrected chi connectivity index (χ2v) is 17.3. The Labute approximate surface area is 347 Å². The first-order chi connectivity index (χ1) is 25.9. The molecule has 4 rings (SSSR count). The molecule has 0 saturated carbocycles. The summed E-state index contributed by atoms with van der Waals surface area (Å²) in [5.74, 6) is -3.99. The molecule has 0 aliphatic carbocycles. The Bertz CT molecular complexity index is 2020. The summed E-state index contributed by atoms with van der Waals surface area (Å²) in [5, 5.41) is 17.8. The van der Waals surface area contributed by atoms with Crippen molar-refractivity contribution < 1.29 is 67.5 Å². The lowest BCUT2D eigenvalue weighted by molar-refractivity contribution is -0.0548. The third-order valence-electron chi connectivity index (χ3n) is 6.66. The van der Waals surface area contributed by atoms with Crippen LogP contribution in [0.3, 0.4) is 0 Å². The molecule has 0 aromatic heterocycles. The van der Waals surface area contributed by atoms with Gasteiger partial charge >= 0.3 is 35.8 Å². The predicted octanol–water partition coefficient (Wildman–Crippen LogP) is 8.95. The third kappa shape index (κ3) is 16.2. The van der Waals surface area contributed by atoms with Crippen LogP contribution in [0.5, 0.6) is 0 Å². The fourth-order valence-corrected chi connectivity index (χ4v) is 4.83. The number of carbonyl (C=O) groups is 7. The topological polar surface area (TPSA) is 206 Å². The highest BCUT2D eigenvalue weighted by Crippen LogP contribution is 2.29. The van der Waals surface area contributed by atoms with Gasteiger partial charge in [0.15, 0.2) is 6.29 Å². The molecule has 0 spiro atoms. The lowest BCUT2D eigenvalue weighted by atomic mass is 10.0. The Morgan fingerprint density at radius 1 is 0.621 bits per heavy atom. The summed E-state index contributed by atoms with van der Waals surface area (Å²) in [6, 6.07) is 12.8. The summed E-state index contributed by atoms with van der Waals surface area (Å²) >= 11 is 3.30. The molecule has 1 aliphatic rings. The molecule has 0 amide bonds. The molecule has 3 aromatic rings. The Kier molecular flexibility index (Phi) is 17.3. The van der Waals surface area contributed by atoms with Crippen LogP contribution in [0, 0.1) is 0 Å². The number of carbonyl (C=O) groups excluding carboxylic acids is 6. The van der Waals surface area contributed by atoms with Gasteiger partial charge in [0.2, 0.25) is 6.29 Å². The standard InChI is InChI=1S/C17H22O5.C16H21BrO4.C9H6O5.CH4/c1-16(2,3)21-14(19)11-7-8-12(10-18)13(9-11)15(20)22-17(4,5)6;1-15(2,3)20-13(18)10-7-8-12(17)11(9-10)14(19)21-16(4,5)6;10-7(11)4-1-2-5-6(3-4)9(13)14-8(5)12;/h7-10H,1-6H3;7-9H,1-6H3;1-3,8,12H,(H,10,11);1H4. The van der Waals surface area contributed by atoms with E-state index in [0.29, 0.717) is 27.4 Å². The number of aliphatic hydroxyl groups is 1. The number of hydrogen-bond donors (Lipinski definition) is 2. The summed E-state index contributed by atoms with van der Waals surface area (Å²) in [4.78, 5) is 81.1. The lowest BCUT2D eigenvalue weighted by Crippen LogP contribution is -2.26. The summed E-state index contributed by atoms with van der Waals surface area (Å²) in [6.07, 6.45) is -0.724. The van der Waals surface area contributed by atoms with Crippen LogP contribution >= 0.6 is 15.9 Å². The van der Waals surface area contributed by atoms with E-state index in [9.17, 15) is 38.7 Å². The normalized spacial score (nSPS) is 13.3. The molecule has 0 bridgehead atoms. The number of rotatable bonds is 6. The summed E-state index contributed by atoms with van der Waals surface area (Å²) in [7, 11) is 0. The summed E-state index contributed by atoms with van der Waals surface area (Å²) in [6.45, 7) is 21.2. The molecule has 15 heteroatoms. The van der Waals surface area contributed by atoms with Gasteiger partial charge in [0.1, 0.15) is 22.4 Å². The molecule has 1 aliphatic heterocycles. The summed E-state index contributed by atoms with van der Waals surface area (Å²) < 4.78 is 26.2. The van der Waals surface area contributed by atoms with Crippen molar-refractivity contribution in [3.05, 3.63) is 104 Å². The monoisotopic (exact) mass is 872 g/mol. The average molecular weight is 874 g/mol. The van der Waals surface area contributed by atoms with Crippen LogP contribution in [0.25, 0.3) is 0 Å². The van der Waals surface area contributed by atoms with E-state index in [1.807, 2.05) is 0 Å². The predicted molar refractivity (Wildman–Crippen MR) is 217 cm³/mol. The minimum atomic E-state index is -1.28. The highest BCUT2D eigenvalue weighted by Gasteiger charge is 2.30. The van der Waals surface area contributed by atoms with E-state index < -0.39 is 64.5 Å². The summed E-state index contributed by atoms with van der Waals surface area (Å²) in [5.41, 5.74) is -1.09. The molecular weight excluding hydrogens is 820 g/mol. The highest BCUT2D eigenvalue weighted by atomic mass is 79.9. The average Bonchev–Trinajstić information content (AvgIpc) is 3.34. The minimum absolute atomic E-state index is 0. The molecule has 1 atom stereocenters. The molecule has 1 heterocycles. The maximum Gasteiger partial charge on any atom is 0.341 e. The number of carboxylic acid groups (broad SMARTS) is 1. The van der Waals surface area contributed by atoms with Crippen LogP contribution in [0.15, 0.2) is 59.1 Å². The quantitative estimate of drug-likeness (QED) is 0.135. The molecule has 14 nitrogen and oxygen atoms in total. The van der Waals surface area contributed by atoms with Crippen molar-refractivity contribution >= 4 is 58.0 Å². The van der Waals surface area contributed by atoms with Crippen molar-refractivity contribution in [3.63, 3.8) is 0 Å². The molecule has 0 radical (unpaired) electrons. The molecule has 2 N–H and O–H groups in total. The van der Waals surface area contributed by atoms with E-state index in [2.05, 4.69) is 20.7 Å². The van der Waals surface area contributed by atoms with Crippen molar-refractivity contribution in [2.75, 3.05) is 0 Å². The number of aromatic carboxylic acids is 1. The highest BCUT2D eigenvalue weighted by molar-refractivity contribution is 9.10. The Morgan fingerprint density at radius 3 is 1.45 bits per heavy atom. The molecule has 316 valence electrons. The fourth-order valence-electron chi connectivity index (χ4n) is 4.42. The van der Waals surface area contributed by atoms with Crippen LogP contribution in [0.4, 0.5) is 0 Å². The molecule has 1 unspecified atom stereocenters. The fraction of sp³-hybridized carbons (Fsp3) is 0.419. The van der Waals surface area contributed by atoms with Gasteiger partial charge < -0.3 is 33.9 Å². The number of fused-ring (bicyclic) bond motifs is 1. The van der Waals surface area contributed by atoms with Gasteiger partial charge in [-0.1, -0.05) is 13.5 Å². The zero-order valence-electron chi connectivity index (χ0n) is 34.0. The number of hydrogen-bond acceptors (Lipinski definition) is 13. The molecule has 0 saturated heterocycles. The van der Waals surface area contributed by atoms with Crippen LogP contribution in [0.2, 0.25) is 0 Å². The van der Waals surface area contributed by atoms with E-state index in [4.69, 9.17) is 24.1 Å². The minimum Gasteiger partial charge on any atom is -0.478 e. The number of cyclic esters (lactones) is 1. The number of ether oxygens (including phenoxy) is 5. The first-order valence-corrected chi connectivity index (χ1v) is 18.3. The van der Waals surface area contributed by atoms with Crippen molar-refractivity contribution in [1.29, 1.82) is 0 Å². The number of halogens is 1. The Balaban J connectivity index is 0.000000441. The van der Waals surface area contributed by atoms with E-state index in [-0.39, 0.29) is 35.2 Å². The zero-order chi connectivity index (χ0) is 43.8. The second-order valence-electron chi connectivity index (χ2n) is 16.5. The number of benzene rings is 3. The van der Waals surface area contributed by atoms with Gasteiger partial charge in [-0.25, -0.2) is 28.8 Å². The lowest BCUT2D eigenvalue weighted by Gasteiger charge is -2.21. The smallest absolute Gasteiger partial charge is 0.341 e. The van der Waals surface area contributed by atoms with Crippen molar-refractivity contribution in [2.24, 2.45) is 0 Å². The first kappa shape index (κ1) is 50.6. The van der Waals surface area contributed by atoms with Crippen molar-refractivity contribution in [2.45, 2.75) is 119 Å². The van der Waals surface area contributed by atoms with Crippen molar-refractivity contribution in [1.82, 2.24) is 0 Å². The van der Waals surface area contributed by atoms with Gasteiger partial charge in [0.25, 0.3) is 0 Å². The van der Waals surface area contributed by atoms with Crippen molar-refractivity contribution in [3.8, 4) is 0 Å². The van der Waals surface area contributed by atoms with E-state index in [1.165, 1.54) is 42.5 Å². The maximum atomic E-state index is 12.2. The van der Waals surface area contributed by atoms with E-state index in [0.717, 1.165) is 0 Å². The van der Waals surface area contributed by atoms with Gasteiger partial charge in [-0.05, 0) is 148 Å². The SMILES string of the molecule is C.CC(C)(C)OC(=O)c1ccc(Br)c(C(=O)OC(C)(C)C)c1.CC(C)(C)OC(=O)c1ccc(C=O)c(C(=O)OC(C)(C)C)c1.O=C(O)c1ccc2c(c1)C(=O)OC2O. The van der Waals surface area contributed by atoms with Gasteiger partial charge in [-0.15, -0.1) is 0 Å². The number of carboxylic acids is 1. The Hall–Kier alpha value is -5.41. The van der Waals surface area contributed by atoms with Crippen LogP contribution < -0.4 is 0 Å². The van der Waals surface area contributed by atoms with E-state index >= 15 is 0 Å². The molecule has 3 aromatic carbocycles. The number of aliphatic hydroxyl groups excluding tert-OH is 1. The van der Waals surface area contributed by atoms with Gasteiger partial charge in [0, 0.05) is 15.6 Å². The maximum absolute atomic E-state index is 12.2. The molecular formula is C43H53BrO14. The second kappa shape index (κ2) is 19.8. The zero-order valence-corrected chi connectivity index (χ0v) is 35.6. The van der Waals surface area contributed by atoms with Gasteiger partial charge in [-0.3, -0.25) is 4.79 Å². The number of aldehydes is 1. The first-order valence-electron chi connectivity index (χ1n) is 17.5. The van der Waals surface area contributed by atoms with Crippen LogP contribution in [-0.2, 0) is 23.7 Å². The van der Waals surface area contributed by atoms with Crippen LogP contribution in [0.1, 0.15) is 175 Å². The van der Waals surface area contributed by atoms with Crippen LogP contribution in [-0.4, -0.2) is 74.7 Å².